The molecule has 2 N–H and O–H groups in total. The fourth-order valence-corrected chi connectivity index (χ4v) is 3.63. The SMILES string of the molecule is C=C(CO)C(=O)OCCOc1cc(OCOC(=O)C(=C)CO)cc(-c2ccc(CCCCC)cc2CC)c1. The van der Waals surface area contributed by atoms with Gasteiger partial charge in [0, 0.05) is 6.07 Å². The summed E-state index contributed by atoms with van der Waals surface area (Å²) in [5.74, 6) is -0.570. The van der Waals surface area contributed by atoms with Crippen LogP contribution in [0.4, 0.5) is 0 Å². The highest BCUT2D eigenvalue weighted by atomic mass is 16.7. The van der Waals surface area contributed by atoms with E-state index >= 15 is 0 Å². The number of carbonyl (C=O) groups is 2. The van der Waals surface area contributed by atoms with Crippen LogP contribution < -0.4 is 9.47 Å². The number of aliphatic hydroxyl groups excluding tert-OH is 2. The lowest BCUT2D eigenvalue weighted by molar-refractivity contribution is -0.146. The van der Waals surface area contributed by atoms with Crippen molar-refractivity contribution in [1.29, 1.82) is 0 Å². The molecule has 0 aromatic heterocycles. The number of hydrogen-bond donors (Lipinski definition) is 2. The molecule has 0 atom stereocenters. The van der Waals surface area contributed by atoms with Crippen molar-refractivity contribution in [3.63, 3.8) is 0 Å². The third kappa shape index (κ3) is 9.68. The molecule has 0 heterocycles. The van der Waals surface area contributed by atoms with E-state index in [2.05, 4.69) is 45.2 Å². The fraction of sp³-hybridized carbons (Fsp3) is 0.400. The Bertz CT molecular complexity index is 1110. The molecule has 0 saturated heterocycles. The molecule has 38 heavy (non-hydrogen) atoms. The first kappa shape index (κ1) is 30.6. The Morgan fingerprint density at radius 2 is 1.47 bits per heavy atom. The predicted molar refractivity (Wildman–Crippen MR) is 145 cm³/mol. The van der Waals surface area contributed by atoms with Crippen LogP contribution in [0.5, 0.6) is 11.5 Å². The van der Waals surface area contributed by atoms with Gasteiger partial charge in [0.25, 0.3) is 0 Å². The fourth-order valence-electron chi connectivity index (χ4n) is 3.63. The second-order valence-electron chi connectivity index (χ2n) is 8.70. The highest BCUT2D eigenvalue weighted by Gasteiger charge is 2.12. The van der Waals surface area contributed by atoms with Crippen LogP contribution in [0.15, 0.2) is 60.7 Å². The van der Waals surface area contributed by atoms with Crippen molar-refractivity contribution in [2.24, 2.45) is 0 Å². The van der Waals surface area contributed by atoms with Gasteiger partial charge in [-0.3, -0.25) is 0 Å². The second-order valence-corrected chi connectivity index (χ2v) is 8.70. The molecule has 206 valence electrons. The second kappa shape index (κ2) is 16.3. The summed E-state index contributed by atoms with van der Waals surface area (Å²) in [6.45, 7) is 9.83. The first-order valence-corrected chi connectivity index (χ1v) is 12.8. The number of aliphatic hydroxyl groups is 2. The van der Waals surface area contributed by atoms with Crippen molar-refractivity contribution in [3.05, 3.63) is 71.8 Å². The highest BCUT2D eigenvalue weighted by Crippen LogP contribution is 2.33. The lowest BCUT2D eigenvalue weighted by atomic mass is 9.94. The van der Waals surface area contributed by atoms with Crippen LogP contribution in [0.25, 0.3) is 11.1 Å². The number of aryl methyl sites for hydroxylation is 2. The van der Waals surface area contributed by atoms with Gasteiger partial charge in [0.15, 0.2) is 0 Å². The van der Waals surface area contributed by atoms with E-state index in [0.717, 1.165) is 30.4 Å². The molecule has 2 aromatic carbocycles. The van der Waals surface area contributed by atoms with Gasteiger partial charge in [-0.15, -0.1) is 0 Å². The van der Waals surface area contributed by atoms with Crippen LogP contribution in [0, 0.1) is 0 Å². The quantitative estimate of drug-likeness (QED) is 0.134. The van der Waals surface area contributed by atoms with E-state index in [1.807, 2.05) is 12.1 Å². The minimum absolute atomic E-state index is 0.0358. The maximum absolute atomic E-state index is 11.8. The van der Waals surface area contributed by atoms with Gasteiger partial charge in [0.1, 0.15) is 24.7 Å². The average Bonchev–Trinajstić information content (AvgIpc) is 2.94. The highest BCUT2D eigenvalue weighted by molar-refractivity contribution is 5.88. The van der Waals surface area contributed by atoms with E-state index in [1.54, 1.807) is 6.07 Å². The number of rotatable bonds is 17. The van der Waals surface area contributed by atoms with Crippen molar-refractivity contribution >= 4 is 11.9 Å². The van der Waals surface area contributed by atoms with Crippen LogP contribution in [0.3, 0.4) is 0 Å². The molecule has 2 rings (SSSR count). The van der Waals surface area contributed by atoms with Crippen LogP contribution in [0.2, 0.25) is 0 Å². The summed E-state index contributed by atoms with van der Waals surface area (Å²) in [7, 11) is 0. The molecule has 0 unspecified atom stereocenters. The maximum Gasteiger partial charge on any atom is 0.338 e. The minimum atomic E-state index is -0.752. The Hall–Kier alpha value is -3.62. The van der Waals surface area contributed by atoms with E-state index in [9.17, 15) is 9.59 Å². The summed E-state index contributed by atoms with van der Waals surface area (Å²) >= 11 is 0. The van der Waals surface area contributed by atoms with Crippen molar-refractivity contribution in [3.8, 4) is 22.6 Å². The number of esters is 2. The van der Waals surface area contributed by atoms with Crippen molar-refractivity contribution in [1.82, 2.24) is 0 Å². The first-order valence-electron chi connectivity index (χ1n) is 12.8. The van der Waals surface area contributed by atoms with Crippen LogP contribution in [-0.2, 0) is 31.9 Å². The van der Waals surface area contributed by atoms with E-state index in [1.165, 1.54) is 24.0 Å². The van der Waals surface area contributed by atoms with Crippen LogP contribution >= 0.6 is 0 Å². The lowest BCUT2D eigenvalue weighted by Gasteiger charge is -2.15. The minimum Gasteiger partial charge on any atom is -0.490 e. The molecule has 0 saturated carbocycles. The molecular formula is C30H38O8. The molecule has 2 aromatic rings. The zero-order valence-corrected chi connectivity index (χ0v) is 22.3. The van der Waals surface area contributed by atoms with Gasteiger partial charge in [-0.05, 0) is 53.6 Å². The normalized spacial score (nSPS) is 10.5. The third-order valence-corrected chi connectivity index (χ3v) is 5.77. The van der Waals surface area contributed by atoms with Gasteiger partial charge in [-0.25, -0.2) is 9.59 Å². The number of hydrogen-bond acceptors (Lipinski definition) is 8. The average molecular weight is 527 g/mol. The Morgan fingerprint density at radius 1 is 0.816 bits per heavy atom. The van der Waals surface area contributed by atoms with Gasteiger partial charge in [-0.2, -0.15) is 0 Å². The molecule has 0 aliphatic heterocycles. The zero-order valence-electron chi connectivity index (χ0n) is 22.3. The molecule has 0 fully saturated rings. The maximum atomic E-state index is 11.8. The molecule has 0 amide bonds. The topological polar surface area (TPSA) is 112 Å². The summed E-state index contributed by atoms with van der Waals surface area (Å²) in [6, 6.07) is 11.8. The Morgan fingerprint density at radius 3 is 2.11 bits per heavy atom. The van der Waals surface area contributed by atoms with Gasteiger partial charge in [-0.1, -0.05) is 58.0 Å². The summed E-state index contributed by atoms with van der Waals surface area (Å²) in [5.41, 5.74) is 4.25. The zero-order chi connectivity index (χ0) is 27.9. The van der Waals surface area contributed by atoms with Crippen LogP contribution in [0.1, 0.15) is 44.2 Å². The van der Waals surface area contributed by atoms with Gasteiger partial charge in [0.05, 0.1) is 24.4 Å². The standard InChI is InChI=1S/C30H38O8/c1-5-7-8-9-23-10-11-28(24(6-2)14-23)25-15-26(35-12-13-36-29(33)21(3)18-31)17-27(16-25)37-20-38-30(34)22(4)19-32/h10-11,14-17,31-32H,3-9,12-13,18-20H2,1-2H3. The monoisotopic (exact) mass is 526 g/mol. The van der Waals surface area contributed by atoms with E-state index in [4.69, 9.17) is 29.2 Å². The smallest absolute Gasteiger partial charge is 0.338 e. The Kier molecular flexibility index (Phi) is 13.1. The lowest BCUT2D eigenvalue weighted by Crippen LogP contribution is -2.15. The largest absolute Gasteiger partial charge is 0.490 e. The molecule has 0 radical (unpaired) electrons. The van der Waals surface area contributed by atoms with E-state index in [-0.39, 0.29) is 31.2 Å². The molecule has 0 spiro atoms. The summed E-state index contributed by atoms with van der Waals surface area (Å²) < 4.78 is 21.5. The Balaban J connectivity index is 2.24. The molecule has 0 bridgehead atoms. The van der Waals surface area contributed by atoms with Gasteiger partial charge in [0.2, 0.25) is 6.79 Å². The molecule has 8 nitrogen and oxygen atoms in total. The number of benzene rings is 2. The molecule has 0 aliphatic rings. The molecule has 8 heteroatoms. The van der Waals surface area contributed by atoms with Crippen molar-refractivity contribution < 1.29 is 38.7 Å². The van der Waals surface area contributed by atoms with Gasteiger partial charge < -0.3 is 29.2 Å². The van der Waals surface area contributed by atoms with Crippen LogP contribution in [-0.4, -0.2) is 55.4 Å². The van der Waals surface area contributed by atoms with Crippen molar-refractivity contribution in [2.75, 3.05) is 33.2 Å². The Labute approximate surface area is 224 Å². The third-order valence-electron chi connectivity index (χ3n) is 5.77. The number of carbonyl (C=O) groups excluding carboxylic acids is 2. The van der Waals surface area contributed by atoms with Crippen molar-refractivity contribution in [2.45, 2.75) is 46.0 Å². The van der Waals surface area contributed by atoms with E-state index < -0.39 is 25.2 Å². The first-order chi connectivity index (χ1) is 18.3. The number of ether oxygens (including phenoxy) is 4. The predicted octanol–water partition coefficient (Wildman–Crippen LogP) is 4.55. The summed E-state index contributed by atoms with van der Waals surface area (Å²) in [6.07, 6.45) is 5.39. The van der Waals surface area contributed by atoms with Gasteiger partial charge >= 0.3 is 11.9 Å². The molecular weight excluding hydrogens is 488 g/mol. The number of unbranched alkanes of at least 4 members (excludes halogenated alkanes) is 2. The summed E-state index contributed by atoms with van der Waals surface area (Å²) in [4.78, 5) is 23.5. The summed E-state index contributed by atoms with van der Waals surface area (Å²) in [5, 5.41) is 18.0. The van der Waals surface area contributed by atoms with E-state index in [0.29, 0.717) is 11.5 Å². The molecule has 0 aliphatic carbocycles.